The maximum absolute atomic E-state index is 6.11. The van der Waals surface area contributed by atoms with Gasteiger partial charge >= 0.3 is 0 Å². The minimum atomic E-state index is 0.0607. The Labute approximate surface area is 153 Å². The molecule has 4 nitrogen and oxygen atoms in total. The van der Waals surface area contributed by atoms with Crippen molar-refractivity contribution in [1.82, 2.24) is 14.6 Å². The number of aromatic nitrogens is 3. The summed E-state index contributed by atoms with van der Waals surface area (Å²) in [6.07, 6.45) is 4.44. The number of hydrogen-bond acceptors (Lipinski definition) is 3. The van der Waals surface area contributed by atoms with Crippen molar-refractivity contribution in [3.63, 3.8) is 0 Å². The smallest absolute Gasteiger partial charge is 0.161 e. The molecule has 2 heterocycles. The van der Waals surface area contributed by atoms with Crippen molar-refractivity contribution in [3.05, 3.63) is 60.0 Å². The molecule has 130 valence electrons. The fourth-order valence-corrected chi connectivity index (χ4v) is 3.17. The fraction of sp³-hybridized carbons (Fsp3) is 0.300. The summed E-state index contributed by atoms with van der Waals surface area (Å²) in [4.78, 5) is 4.36. The topological polar surface area (TPSA) is 39.4 Å². The third kappa shape index (κ3) is 4.20. The molecule has 0 aliphatic heterocycles. The Morgan fingerprint density at radius 2 is 2.00 bits per heavy atom. The molecule has 25 heavy (non-hydrogen) atoms. The van der Waals surface area contributed by atoms with E-state index in [1.54, 1.807) is 16.9 Å². The van der Waals surface area contributed by atoms with Gasteiger partial charge in [0.2, 0.25) is 0 Å². The van der Waals surface area contributed by atoms with E-state index < -0.39 is 0 Å². The van der Waals surface area contributed by atoms with Crippen LogP contribution in [0.25, 0.3) is 16.8 Å². The highest BCUT2D eigenvalue weighted by Gasteiger charge is 2.19. The molecular weight excluding hydrogens is 334 g/mol. The van der Waals surface area contributed by atoms with Crippen LogP contribution in [0.15, 0.2) is 54.9 Å². The van der Waals surface area contributed by atoms with Crippen LogP contribution in [0, 0.1) is 5.41 Å². The average molecular weight is 356 g/mol. The molecule has 0 N–H and O–H groups in total. The van der Waals surface area contributed by atoms with Crippen molar-refractivity contribution in [2.24, 2.45) is 5.41 Å². The fourth-order valence-electron chi connectivity index (χ4n) is 2.98. The van der Waals surface area contributed by atoms with Gasteiger partial charge in [0.05, 0.1) is 6.61 Å². The standard InChI is InChI=1S/C20H22ClN3O/c1-14(2)12-20(3,4)13-25-16-7-5-15(6-8-16)17-11-18(21)23-24-10-9-22-19(17)24/h5-11H,1,12-13H2,2-4H3. The van der Waals surface area contributed by atoms with Crippen molar-refractivity contribution >= 4 is 17.2 Å². The Bertz CT molecular complexity index is 897. The Hall–Kier alpha value is -2.33. The Balaban J connectivity index is 1.78. The van der Waals surface area contributed by atoms with E-state index in [2.05, 4.69) is 30.5 Å². The summed E-state index contributed by atoms with van der Waals surface area (Å²) in [5, 5.41) is 4.64. The summed E-state index contributed by atoms with van der Waals surface area (Å²) < 4.78 is 7.64. The number of nitrogens with zero attached hydrogens (tertiary/aromatic N) is 3. The van der Waals surface area contributed by atoms with Crippen molar-refractivity contribution in [2.45, 2.75) is 27.2 Å². The molecule has 0 bridgehead atoms. The Kier molecular flexibility index (Phi) is 4.82. The number of ether oxygens (including phenoxy) is 1. The second kappa shape index (κ2) is 6.89. The number of imidazole rings is 1. The van der Waals surface area contributed by atoms with Crippen LogP contribution in [-0.4, -0.2) is 21.2 Å². The lowest BCUT2D eigenvalue weighted by Gasteiger charge is -2.25. The van der Waals surface area contributed by atoms with E-state index in [0.29, 0.717) is 11.8 Å². The predicted octanol–water partition coefficient (Wildman–Crippen LogP) is 5.42. The number of hydrogen-bond donors (Lipinski definition) is 0. The van der Waals surface area contributed by atoms with Gasteiger partial charge in [-0.2, -0.15) is 5.10 Å². The zero-order chi connectivity index (χ0) is 18.0. The molecule has 0 unspecified atom stereocenters. The molecular formula is C20H22ClN3O. The summed E-state index contributed by atoms with van der Waals surface area (Å²) in [7, 11) is 0. The molecule has 3 rings (SSSR count). The molecule has 0 radical (unpaired) electrons. The minimum absolute atomic E-state index is 0.0607. The molecule has 0 aliphatic carbocycles. The lowest BCUT2D eigenvalue weighted by atomic mass is 9.87. The molecule has 1 aromatic carbocycles. The highest BCUT2D eigenvalue weighted by molar-refractivity contribution is 6.29. The van der Waals surface area contributed by atoms with Gasteiger partial charge in [-0.05, 0) is 37.1 Å². The van der Waals surface area contributed by atoms with E-state index in [4.69, 9.17) is 16.3 Å². The number of benzene rings is 1. The number of fused-ring (bicyclic) bond motifs is 1. The molecule has 0 aliphatic rings. The molecule has 0 saturated carbocycles. The first-order valence-corrected chi connectivity index (χ1v) is 8.59. The first-order valence-electron chi connectivity index (χ1n) is 8.22. The number of halogens is 1. The first kappa shape index (κ1) is 17.5. The van der Waals surface area contributed by atoms with Crippen LogP contribution >= 0.6 is 11.6 Å². The van der Waals surface area contributed by atoms with E-state index >= 15 is 0 Å². The summed E-state index contributed by atoms with van der Waals surface area (Å²) in [5.74, 6) is 0.845. The van der Waals surface area contributed by atoms with Gasteiger partial charge in [0, 0.05) is 23.4 Å². The molecule has 0 atom stereocenters. The van der Waals surface area contributed by atoms with Gasteiger partial charge in [-0.1, -0.05) is 43.2 Å². The second-order valence-corrected chi connectivity index (χ2v) is 7.57. The van der Waals surface area contributed by atoms with Gasteiger partial charge in [-0.15, -0.1) is 6.58 Å². The van der Waals surface area contributed by atoms with Crippen LogP contribution in [0.1, 0.15) is 27.2 Å². The summed E-state index contributed by atoms with van der Waals surface area (Å²) in [5.41, 5.74) is 3.97. The molecule has 0 saturated heterocycles. The zero-order valence-electron chi connectivity index (χ0n) is 14.8. The summed E-state index contributed by atoms with van der Waals surface area (Å²) in [6.45, 7) is 11.0. The SMILES string of the molecule is C=C(C)CC(C)(C)COc1ccc(-c2cc(Cl)nn3ccnc23)cc1. The van der Waals surface area contributed by atoms with Crippen molar-refractivity contribution in [2.75, 3.05) is 6.61 Å². The van der Waals surface area contributed by atoms with Gasteiger partial charge in [-0.3, -0.25) is 0 Å². The van der Waals surface area contributed by atoms with Crippen LogP contribution in [0.5, 0.6) is 5.75 Å². The third-order valence-electron chi connectivity index (χ3n) is 3.90. The van der Waals surface area contributed by atoms with E-state index in [0.717, 1.165) is 28.9 Å². The Morgan fingerprint density at radius 3 is 2.68 bits per heavy atom. The summed E-state index contributed by atoms with van der Waals surface area (Å²) in [6, 6.07) is 9.80. The summed E-state index contributed by atoms with van der Waals surface area (Å²) >= 11 is 6.11. The first-order chi connectivity index (χ1) is 11.8. The zero-order valence-corrected chi connectivity index (χ0v) is 15.5. The minimum Gasteiger partial charge on any atom is -0.493 e. The molecule has 3 aromatic rings. The van der Waals surface area contributed by atoms with E-state index in [1.807, 2.05) is 37.3 Å². The lowest BCUT2D eigenvalue weighted by molar-refractivity contribution is 0.180. The number of rotatable bonds is 6. The van der Waals surface area contributed by atoms with E-state index in [9.17, 15) is 0 Å². The van der Waals surface area contributed by atoms with Crippen molar-refractivity contribution < 1.29 is 4.74 Å². The average Bonchev–Trinajstić information content (AvgIpc) is 3.00. The second-order valence-electron chi connectivity index (χ2n) is 7.19. The van der Waals surface area contributed by atoms with Gasteiger partial charge in [-0.25, -0.2) is 9.50 Å². The monoisotopic (exact) mass is 355 g/mol. The number of allylic oxidation sites excluding steroid dienone is 1. The third-order valence-corrected chi connectivity index (χ3v) is 4.09. The highest BCUT2D eigenvalue weighted by Crippen LogP contribution is 2.29. The predicted molar refractivity (Wildman–Crippen MR) is 102 cm³/mol. The molecule has 0 spiro atoms. The molecule has 0 fully saturated rings. The van der Waals surface area contributed by atoms with Crippen molar-refractivity contribution in [1.29, 1.82) is 0 Å². The quantitative estimate of drug-likeness (QED) is 0.554. The largest absolute Gasteiger partial charge is 0.493 e. The van der Waals surface area contributed by atoms with E-state index in [1.165, 1.54) is 5.57 Å². The van der Waals surface area contributed by atoms with Gasteiger partial charge in [0.15, 0.2) is 10.8 Å². The molecule has 5 heteroatoms. The molecule has 0 amide bonds. The van der Waals surface area contributed by atoms with Crippen LogP contribution in [0.2, 0.25) is 5.15 Å². The van der Waals surface area contributed by atoms with Crippen LogP contribution in [0.4, 0.5) is 0 Å². The van der Waals surface area contributed by atoms with Gasteiger partial charge < -0.3 is 4.74 Å². The maximum atomic E-state index is 6.11. The van der Waals surface area contributed by atoms with Crippen LogP contribution < -0.4 is 4.74 Å². The molecule has 2 aromatic heterocycles. The highest BCUT2D eigenvalue weighted by atomic mass is 35.5. The maximum Gasteiger partial charge on any atom is 0.161 e. The van der Waals surface area contributed by atoms with Gasteiger partial charge in [0.1, 0.15) is 5.75 Å². The van der Waals surface area contributed by atoms with Crippen LogP contribution in [-0.2, 0) is 0 Å². The van der Waals surface area contributed by atoms with Gasteiger partial charge in [0.25, 0.3) is 0 Å². The van der Waals surface area contributed by atoms with E-state index in [-0.39, 0.29) is 5.41 Å². The Morgan fingerprint density at radius 1 is 1.28 bits per heavy atom. The lowest BCUT2D eigenvalue weighted by Crippen LogP contribution is -2.21. The van der Waals surface area contributed by atoms with Crippen molar-refractivity contribution in [3.8, 4) is 16.9 Å². The normalized spacial score (nSPS) is 11.7. The van der Waals surface area contributed by atoms with Crippen LogP contribution in [0.3, 0.4) is 0 Å².